The van der Waals surface area contributed by atoms with E-state index in [4.69, 9.17) is 15.9 Å². The lowest BCUT2D eigenvalue weighted by molar-refractivity contribution is -0.122. The molecule has 0 aliphatic carbocycles. The molecule has 1 aromatic carbocycles. The van der Waals surface area contributed by atoms with Crippen LogP contribution in [0.25, 0.3) is 0 Å². The van der Waals surface area contributed by atoms with E-state index in [2.05, 4.69) is 16.1 Å². The smallest absolute Gasteiger partial charge is 0.234 e. The number of hydrogen-bond acceptors (Lipinski definition) is 4. The number of likely N-dealkylation sites (tertiary alicyclic amines) is 1. The zero-order valence-corrected chi connectivity index (χ0v) is 13.1. The molecule has 1 amide bonds. The van der Waals surface area contributed by atoms with Crippen molar-refractivity contribution in [1.82, 2.24) is 10.2 Å². The first kappa shape index (κ1) is 16.2. The van der Waals surface area contributed by atoms with E-state index < -0.39 is 0 Å². The summed E-state index contributed by atoms with van der Waals surface area (Å²) in [5, 5.41) is 2.71. The highest BCUT2D eigenvalue weighted by molar-refractivity contribution is 5.78. The lowest BCUT2D eigenvalue weighted by Gasteiger charge is -2.25. The van der Waals surface area contributed by atoms with E-state index in [0.29, 0.717) is 6.54 Å². The van der Waals surface area contributed by atoms with Crippen molar-refractivity contribution in [3.8, 4) is 23.8 Å². The van der Waals surface area contributed by atoms with Crippen molar-refractivity contribution in [2.45, 2.75) is 18.9 Å². The second-order valence-electron chi connectivity index (χ2n) is 5.22. The summed E-state index contributed by atoms with van der Waals surface area (Å²) in [5.41, 5.74) is 1.09. The Morgan fingerprint density at radius 3 is 2.95 bits per heavy atom. The third-order valence-corrected chi connectivity index (χ3v) is 3.90. The highest BCUT2D eigenvalue weighted by atomic mass is 16.5. The first-order chi connectivity index (χ1) is 10.7. The Morgan fingerprint density at radius 2 is 2.27 bits per heavy atom. The number of methoxy groups -OCH3 is 2. The third-order valence-electron chi connectivity index (χ3n) is 3.90. The Labute approximate surface area is 131 Å². The van der Waals surface area contributed by atoms with Gasteiger partial charge in [0.15, 0.2) is 0 Å². The molecule has 1 heterocycles. The molecule has 5 nitrogen and oxygen atoms in total. The summed E-state index contributed by atoms with van der Waals surface area (Å²) in [6.45, 7) is 1.51. The van der Waals surface area contributed by atoms with Crippen LogP contribution in [0, 0.1) is 12.3 Å². The number of carbonyl (C=O) groups excluding carboxylic acids is 1. The molecular formula is C17H22N2O3. The van der Waals surface area contributed by atoms with Crippen molar-refractivity contribution in [1.29, 1.82) is 0 Å². The van der Waals surface area contributed by atoms with Gasteiger partial charge in [-0.3, -0.25) is 9.69 Å². The predicted molar refractivity (Wildman–Crippen MR) is 84.9 cm³/mol. The average Bonchev–Trinajstić information content (AvgIpc) is 3.00. The molecule has 1 atom stereocenters. The van der Waals surface area contributed by atoms with E-state index in [1.54, 1.807) is 14.2 Å². The van der Waals surface area contributed by atoms with Crippen molar-refractivity contribution in [3.63, 3.8) is 0 Å². The molecule has 0 radical (unpaired) electrons. The largest absolute Gasteiger partial charge is 0.497 e. The Morgan fingerprint density at radius 1 is 1.45 bits per heavy atom. The van der Waals surface area contributed by atoms with Gasteiger partial charge in [0.25, 0.3) is 0 Å². The van der Waals surface area contributed by atoms with Crippen LogP contribution in [-0.4, -0.2) is 44.7 Å². The first-order valence-corrected chi connectivity index (χ1v) is 7.35. The standard InChI is InChI=1S/C17H22N2O3/c1-4-9-18-17(20)12-19-10-5-6-15(19)14-8-7-13(21-2)11-16(14)22-3/h1,7-8,11,15H,5-6,9-10,12H2,2-3H3,(H,18,20)/t15-/m0/s1. The van der Waals surface area contributed by atoms with Gasteiger partial charge >= 0.3 is 0 Å². The molecule has 1 fully saturated rings. The number of hydrogen-bond donors (Lipinski definition) is 1. The minimum absolute atomic E-state index is 0.0441. The van der Waals surface area contributed by atoms with Crippen LogP contribution in [0.15, 0.2) is 18.2 Å². The van der Waals surface area contributed by atoms with Crippen molar-refractivity contribution in [3.05, 3.63) is 23.8 Å². The highest BCUT2D eigenvalue weighted by Crippen LogP contribution is 2.38. The first-order valence-electron chi connectivity index (χ1n) is 7.35. The molecule has 0 spiro atoms. The molecule has 5 heteroatoms. The van der Waals surface area contributed by atoms with E-state index in [-0.39, 0.29) is 18.5 Å². The molecule has 0 aromatic heterocycles. The van der Waals surface area contributed by atoms with Gasteiger partial charge < -0.3 is 14.8 Å². The zero-order valence-electron chi connectivity index (χ0n) is 13.1. The molecule has 22 heavy (non-hydrogen) atoms. The number of rotatable bonds is 6. The van der Waals surface area contributed by atoms with Gasteiger partial charge in [0.2, 0.25) is 5.91 Å². The molecule has 1 aliphatic heterocycles. The van der Waals surface area contributed by atoms with E-state index in [1.165, 1.54) is 0 Å². The fourth-order valence-corrected chi connectivity index (χ4v) is 2.85. The summed E-state index contributed by atoms with van der Waals surface area (Å²) >= 11 is 0. The Kier molecular flexibility index (Phi) is 5.68. The maximum Gasteiger partial charge on any atom is 0.234 e. The fourth-order valence-electron chi connectivity index (χ4n) is 2.85. The molecule has 1 saturated heterocycles. The maximum absolute atomic E-state index is 11.9. The van der Waals surface area contributed by atoms with Gasteiger partial charge in [0.05, 0.1) is 27.3 Å². The van der Waals surface area contributed by atoms with Crippen molar-refractivity contribution < 1.29 is 14.3 Å². The Hall–Kier alpha value is -2.19. The minimum atomic E-state index is -0.0441. The molecule has 118 valence electrons. The van der Waals surface area contributed by atoms with E-state index in [9.17, 15) is 4.79 Å². The van der Waals surface area contributed by atoms with Gasteiger partial charge in [-0.1, -0.05) is 12.0 Å². The second-order valence-corrected chi connectivity index (χ2v) is 5.22. The van der Waals surface area contributed by atoms with Gasteiger partial charge in [-0.05, 0) is 25.5 Å². The van der Waals surface area contributed by atoms with Crippen LogP contribution < -0.4 is 14.8 Å². The maximum atomic E-state index is 11.9. The molecule has 2 rings (SSSR count). The van der Waals surface area contributed by atoms with Crippen LogP contribution in [0.5, 0.6) is 11.5 Å². The summed E-state index contributed by atoms with van der Waals surface area (Å²) in [6, 6.07) is 5.99. The van der Waals surface area contributed by atoms with Gasteiger partial charge in [-0.2, -0.15) is 0 Å². The molecule has 1 N–H and O–H groups in total. The predicted octanol–water partition coefficient (Wildman–Crippen LogP) is 1.59. The number of amides is 1. The van der Waals surface area contributed by atoms with Gasteiger partial charge in [-0.25, -0.2) is 0 Å². The molecule has 0 unspecified atom stereocenters. The number of terminal acetylenes is 1. The topological polar surface area (TPSA) is 50.8 Å². The summed E-state index contributed by atoms with van der Waals surface area (Å²) in [7, 11) is 3.28. The molecule has 0 bridgehead atoms. The minimum Gasteiger partial charge on any atom is -0.497 e. The number of benzene rings is 1. The van der Waals surface area contributed by atoms with Crippen molar-refractivity contribution in [2.24, 2.45) is 0 Å². The van der Waals surface area contributed by atoms with E-state index in [1.807, 2.05) is 18.2 Å². The van der Waals surface area contributed by atoms with E-state index in [0.717, 1.165) is 36.4 Å². The Bertz CT molecular complexity index is 566. The SMILES string of the molecule is C#CCNC(=O)CN1CCC[C@H]1c1ccc(OC)cc1OC. The molecular weight excluding hydrogens is 280 g/mol. The van der Waals surface area contributed by atoms with Gasteiger partial charge in [0.1, 0.15) is 11.5 Å². The van der Waals surface area contributed by atoms with Gasteiger partial charge in [0, 0.05) is 17.7 Å². The lowest BCUT2D eigenvalue weighted by Crippen LogP contribution is -2.37. The number of carbonyl (C=O) groups is 1. The van der Waals surface area contributed by atoms with Crippen LogP contribution in [-0.2, 0) is 4.79 Å². The highest BCUT2D eigenvalue weighted by Gasteiger charge is 2.29. The normalized spacial score (nSPS) is 17.8. The molecule has 0 saturated carbocycles. The average molecular weight is 302 g/mol. The number of nitrogens with one attached hydrogen (secondary N) is 1. The van der Waals surface area contributed by atoms with Crippen LogP contribution >= 0.6 is 0 Å². The summed E-state index contributed by atoms with van der Waals surface area (Å²) in [5.74, 6) is 3.92. The van der Waals surface area contributed by atoms with Crippen LogP contribution in [0.1, 0.15) is 24.4 Å². The van der Waals surface area contributed by atoms with Crippen LogP contribution in [0.2, 0.25) is 0 Å². The Balaban J connectivity index is 2.13. The lowest BCUT2D eigenvalue weighted by atomic mass is 10.0. The van der Waals surface area contributed by atoms with Gasteiger partial charge in [-0.15, -0.1) is 6.42 Å². The second kappa shape index (κ2) is 7.71. The summed E-state index contributed by atoms with van der Waals surface area (Å²) < 4.78 is 10.7. The monoisotopic (exact) mass is 302 g/mol. The van der Waals surface area contributed by atoms with Crippen molar-refractivity contribution >= 4 is 5.91 Å². The number of nitrogens with zero attached hydrogens (tertiary/aromatic N) is 1. The molecule has 1 aromatic rings. The van der Waals surface area contributed by atoms with E-state index >= 15 is 0 Å². The number of ether oxygens (including phenoxy) is 2. The zero-order chi connectivity index (χ0) is 15.9. The summed E-state index contributed by atoms with van der Waals surface area (Å²) in [6.07, 6.45) is 7.22. The fraction of sp³-hybridized carbons (Fsp3) is 0.471. The third kappa shape index (κ3) is 3.71. The summed E-state index contributed by atoms with van der Waals surface area (Å²) in [4.78, 5) is 14.1. The van der Waals surface area contributed by atoms with Crippen molar-refractivity contribution in [2.75, 3.05) is 33.9 Å². The van der Waals surface area contributed by atoms with Crippen LogP contribution in [0.4, 0.5) is 0 Å². The quantitative estimate of drug-likeness (QED) is 0.811. The molecule has 1 aliphatic rings. The van der Waals surface area contributed by atoms with Crippen LogP contribution in [0.3, 0.4) is 0 Å².